The predicted molar refractivity (Wildman–Crippen MR) is 105 cm³/mol. The molecule has 0 radical (unpaired) electrons. The first-order chi connectivity index (χ1) is 14.4. The van der Waals surface area contributed by atoms with E-state index in [1.165, 1.54) is 12.1 Å². The largest absolute Gasteiger partial charge is 0.416 e. The van der Waals surface area contributed by atoms with Crippen LogP contribution in [-0.4, -0.2) is 52.2 Å². The molecule has 9 heteroatoms. The minimum Gasteiger partial charge on any atom is -0.352 e. The van der Waals surface area contributed by atoms with Crippen molar-refractivity contribution in [1.29, 1.82) is 0 Å². The highest BCUT2D eigenvalue weighted by molar-refractivity contribution is 5.94. The van der Waals surface area contributed by atoms with Gasteiger partial charge in [-0.3, -0.25) is 9.78 Å². The lowest BCUT2D eigenvalue weighted by Crippen LogP contribution is -2.49. The van der Waals surface area contributed by atoms with E-state index in [2.05, 4.69) is 15.2 Å². The fraction of sp³-hybridized carbons (Fsp3) is 0.238. The van der Waals surface area contributed by atoms with Gasteiger partial charge in [-0.1, -0.05) is 6.07 Å². The van der Waals surface area contributed by atoms with Crippen LogP contribution in [0.4, 0.5) is 19.0 Å². The van der Waals surface area contributed by atoms with Crippen molar-refractivity contribution in [3.8, 4) is 11.3 Å². The van der Waals surface area contributed by atoms with E-state index in [1.807, 2.05) is 29.2 Å². The van der Waals surface area contributed by atoms with Gasteiger partial charge in [-0.15, -0.1) is 10.2 Å². The number of aromatic nitrogens is 3. The predicted octanol–water partition coefficient (Wildman–Crippen LogP) is 3.52. The lowest BCUT2D eigenvalue weighted by atomic mass is 10.1. The van der Waals surface area contributed by atoms with E-state index in [0.29, 0.717) is 32.0 Å². The highest BCUT2D eigenvalue weighted by Crippen LogP contribution is 2.30. The molecule has 1 aromatic carbocycles. The van der Waals surface area contributed by atoms with Crippen LogP contribution in [0.5, 0.6) is 0 Å². The number of alkyl halides is 3. The Morgan fingerprint density at radius 2 is 1.63 bits per heavy atom. The van der Waals surface area contributed by atoms with Crippen LogP contribution in [0.1, 0.15) is 15.9 Å². The fourth-order valence-electron chi connectivity index (χ4n) is 3.32. The van der Waals surface area contributed by atoms with Crippen LogP contribution in [0, 0.1) is 0 Å². The van der Waals surface area contributed by atoms with Gasteiger partial charge in [0.05, 0.1) is 11.3 Å². The summed E-state index contributed by atoms with van der Waals surface area (Å²) in [6, 6.07) is 12.0. The van der Waals surface area contributed by atoms with Gasteiger partial charge in [-0.25, -0.2) is 0 Å². The minimum atomic E-state index is -4.48. The fourth-order valence-corrected chi connectivity index (χ4v) is 3.32. The highest BCUT2D eigenvalue weighted by atomic mass is 19.4. The van der Waals surface area contributed by atoms with E-state index in [1.54, 1.807) is 17.3 Å². The van der Waals surface area contributed by atoms with Gasteiger partial charge in [0.2, 0.25) is 0 Å². The van der Waals surface area contributed by atoms with Crippen LogP contribution in [0.25, 0.3) is 11.3 Å². The molecular formula is C21H18F3N5O. The van der Waals surface area contributed by atoms with Crippen LogP contribution in [0.15, 0.2) is 60.9 Å². The van der Waals surface area contributed by atoms with Crippen LogP contribution in [0.2, 0.25) is 0 Å². The number of anilines is 1. The van der Waals surface area contributed by atoms with Gasteiger partial charge in [-0.2, -0.15) is 13.2 Å². The van der Waals surface area contributed by atoms with Crippen molar-refractivity contribution in [1.82, 2.24) is 20.1 Å². The third-order valence-corrected chi connectivity index (χ3v) is 4.95. The topological polar surface area (TPSA) is 62.2 Å². The summed E-state index contributed by atoms with van der Waals surface area (Å²) in [6.07, 6.45) is -1.10. The lowest BCUT2D eigenvalue weighted by molar-refractivity contribution is -0.137. The Hall–Kier alpha value is -3.49. The number of hydrogen-bond donors (Lipinski definition) is 0. The summed E-state index contributed by atoms with van der Waals surface area (Å²) >= 11 is 0. The SMILES string of the molecule is O=C(c1cccc(C(F)(F)F)c1)N1CCN(c2ccc(-c3ccncc3)nn2)CC1. The summed E-state index contributed by atoms with van der Waals surface area (Å²) in [7, 11) is 0. The number of halogens is 3. The number of amides is 1. The molecule has 0 N–H and O–H groups in total. The third kappa shape index (κ3) is 4.24. The Morgan fingerprint density at radius 3 is 2.27 bits per heavy atom. The zero-order valence-corrected chi connectivity index (χ0v) is 15.9. The molecule has 0 atom stereocenters. The van der Waals surface area contributed by atoms with Gasteiger partial charge >= 0.3 is 6.18 Å². The maximum Gasteiger partial charge on any atom is 0.416 e. The van der Waals surface area contributed by atoms with Crippen LogP contribution in [0.3, 0.4) is 0 Å². The number of nitrogens with zero attached hydrogens (tertiary/aromatic N) is 5. The molecule has 30 heavy (non-hydrogen) atoms. The summed E-state index contributed by atoms with van der Waals surface area (Å²) < 4.78 is 38.7. The van der Waals surface area contributed by atoms with Crippen LogP contribution in [-0.2, 0) is 6.18 Å². The molecule has 2 aromatic heterocycles. The Balaban J connectivity index is 1.40. The molecule has 0 saturated carbocycles. The van der Waals surface area contributed by atoms with Crippen molar-refractivity contribution >= 4 is 11.7 Å². The lowest BCUT2D eigenvalue weighted by Gasteiger charge is -2.35. The minimum absolute atomic E-state index is 0.0415. The molecule has 1 aliphatic heterocycles. The van der Waals surface area contributed by atoms with Gasteiger partial charge in [-0.05, 0) is 42.5 Å². The molecule has 154 valence electrons. The van der Waals surface area contributed by atoms with Crippen molar-refractivity contribution in [2.45, 2.75) is 6.18 Å². The van der Waals surface area contributed by atoms with Gasteiger partial charge in [0.15, 0.2) is 5.82 Å². The zero-order chi connectivity index (χ0) is 21.1. The van der Waals surface area contributed by atoms with Crippen LogP contribution >= 0.6 is 0 Å². The van der Waals surface area contributed by atoms with E-state index in [4.69, 9.17) is 0 Å². The number of benzene rings is 1. The van der Waals surface area contributed by atoms with Crippen molar-refractivity contribution in [3.05, 3.63) is 72.1 Å². The summed E-state index contributed by atoms with van der Waals surface area (Å²) in [5.74, 6) is 0.291. The normalized spacial score (nSPS) is 14.6. The summed E-state index contributed by atoms with van der Waals surface area (Å²) in [4.78, 5) is 20.2. The Bertz CT molecular complexity index is 1020. The molecule has 6 nitrogen and oxygen atoms in total. The smallest absolute Gasteiger partial charge is 0.352 e. The van der Waals surface area contributed by atoms with Crippen molar-refractivity contribution in [2.24, 2.45) is 0 Å². The quantitative estimate of drug-likeness (QED) is 0.658. The van der Waals surface area contributed by atoms with E-state index in [-0.39, 0.29) is 5.56 Å². The number of rotatable bonds is 3. The van der Waals surface area contributed by atoms with E-state index in [0.717, 1.165) is 23.4 Å². The maximum atomic E-state index is 12.9. The van der Waals surface area contributed by atoms with Gasteiger partial charge in [0.25, 0.3) is 5.91 Å². The average Bonchev–Trinajstić information content (AvgIpc) is 2.79. The molecular weight excluding hydrogens is 395 g/mol. The first-order valence-corrected chi connectivity index (χ1v) is 9.37. The number of hydrogen-bond acceptors (Lipinski definition) is 5. The number of piperazine rings is 1. The Labute approximate surface area is 171 Å². The van der Waals surface area contributed by atoms with Crippen molar-refractivity contribution in [3.63, 3.8) is 0 Å². The second-order valence-electron chi connectivity index (χ2n) is 6.87. The number of carbonyl (C=O) groups excluding carboxylic acids is 1. The summed E-state index contributed by atoms with van der Waals surface area (Å²) in [5, 5.41) is 8.52. The average molecular weight is 413 g/mol. The molecule has 0 aliphatic carbocycles. The first-order valence-electron chi connectivity index (χ1n) is 9.37. The van der Waals surface area contributed by atoms with Crippen molar-refractivity contribution < 1.29 is 18.0 Å². The number of carbonyl (C=O) groups is 1. The van der Waals surface area contributed by atoms with Gasteiger partial charge in [0, 0.05) is 49.7 Å². The van der Waals surface area contributed by atoms with E-state index >= 15 is 0 Å². The molecule has 1 aliphatic rings. The Morgan fingerprint density at radius 1 is 0.900 bits per heavy atom. The van der Waals surface area contributed by atoms with Crippen molar-refractivity contribution in [2.75, 3.05) is 31.1 Å². The third-order valence-electron chi connectivity index (χ3n) is 4.95. The molecule has 1 amide bonds. The second kappa shape index (κ2) is 8.10. The standard InChI is InChI=1S/C21H18F3N5O/c22-21(23,24)17-3-1-2-16(14-17)20(30)29-12-10-28(11-13-29)19-5-4-18(26-27-19)15-6-8-25-9-7-15/h1-9,14H,10-13H2. The maximum absolute atomic E-state index is 12.9. The number of pyridine rings is 1. The summed E-state index contributed by atoms with van der Waals surface area (Å²) in [6.45, 7) is 1.83. The van der Waals surface area contributed by atoms with E-state index in [9.17, 15) is 18.0 Å². The molecule has 0 bridgehead atoms. The molecule has 3 aromatic rings. The molecule has 4 rings (SSSR count). The summed E-state index contributed by atoms with van der Waals surface area (Å²) in [5.41, 5.74) is 0.872. The zero-order valence-electron chi connectivity index (χ0n) is 15.9. The highest BCUT2D eigenvalue weighted by Gasteiger charge is 2.31. The first kappa shape index (κ1) is 19.8. The monoisotopic (exact) mass is 413 g/mol. The molecule has 1 saturated heterocycles. The van der Waals surface area contributed by atoms with Gasteiger partial charge in [0.1, 0.15) is 0 Å². The van der Waals surface area contributed by atoms with Gasteiger partial charge < -0.3 is 9.80 Å². The molecule has 1 fully saturated rings. The second-order valence-corrected chi connectivity index (χ2v) is 6.87. The van der Waals surface area contributed by atoms with E-state index < -0.39 is 17.6 Å². The van der Waals surface area contributed by atoms with Crippen LogP contribution < -0.4 is 4.90 Å². The Kier molecular flexibility index (Phi) is 5.35. The molecule has 0 unspecified atom stereocenters. The molecule has 3 heterocycles. The molecule has 0 spiro atoms.